The third-order valence-electron chi connectivity index (χ3n) is 7.16. The minimum absolute atomic E-state index is 0.584. The molecule has 0 fully saturated rings. The van der Waals surface area contributed by atoms with Crippen LogP contribution in [0.3, 0.4) is 0 Å². The van der Waals surface area contributed by atoms with Crippen molar-refractivity contribution in [3.05, 3.63) is 106 Å². The van der Waals surface area contributed by atoms with E-state index >= 15 is 0 Å². The highest BCUT2D eigenvalue weighted by atomic mass is 16.5. The molecule has 4 aromatic rings. The Bertz CT molecular complexity index is 1320. The Morgan fingerprint density at radius 3 is 0.778 bits per heavy atom. The van der Waals surface area contributed by atoms with Crippen molar-refractivity contribution in [2.75, 3.05) is 39.6 Å². The second kappa shape index (κ2) is 17.2. The molecule has 0 aromatic heterocycles. The summed E-state index contributed by atoms with van der Waals surface area (Å²) in [7, 11) is 0. The molecular weight excluding hydrogens is 564 g/mol. The predicted octanol–water partition coefficient (Wildman–Crippen LogP) is 8.85. The third-order valence-corrected chi connectivity index (χ3v) is 7.16. The maximum Gasteiger partial charge on any atom is 0.161 e. The van der Waals surface area contributed by atoms with E-state index in [9.17, 15) is 0 Å². The molecule has 0 amide bonds. The van der Waals surface area contributed by atoms with E-state index in [1.54, 1.807) is 0 Å². The van der Waals surface area contributed by atoms with Gasteiger partial charge in [0.1, 0.15) is 0 Å². The van der Waals surface area contributed by atoms with Gasteiger partial charge in [-0.15, -0.1) is 0 Å². The van der Waals surface area contributed by atoms with Gasteiger partial charge in [0.15, 0.2) is 34.5 Å². The minimum Gasteiger partial charge on any atom is -0.490 e. The van der Waals surface area contributed by atoms with Crippen LogP contribution in [-0.4, -0.2) is 39.6 Å². The third kappa shape index (κ3) is 9.58. The summed E-state index contributed by atoms with van der Waals surface area (Å²) in [5, 5.41) is 0. The van der Waals surface area contributed by atoms with Crippen LogP contribution in [0.25, 0.3) is 0 Å². The van der Waals surface area contributed by atoms with Gasteiger partial charge in [-0.25, -0.2) is 0 Å². The van der Waals surface area contributed by atoms with E-state index < -0.39 is 0 Å². The summed E-state index contributed by atoms with van der Waals surface area (Å²) in [6.45, 7) is 15.5. The van der Waals surface area contributed by atoms with Gasteiger partial charge in [-0.3, -0.25) is 0 Å². The van der Waals surface area contributed by atoms with Gasteiger partial charge >= 0.3 is 0 Å². The summed E-state index contributed by atoms with van der Waals surface area (Å²) >= 11 is 0. The van der Waals surface area contributed by atoms with E-state index in [-0.39, 0.29) is 0 Å². The van der Waals surface area contributed by atoms with Crippen molar-refractivity contribution >= 4 is 0 Å². The lowest BCUT2D eigenvalue weighted by atomic mass is 9.93. The quantitative estimate of drug-likeness (QED) is 0.112. The van der Waals surface area contributed by atoms with Crippen molar-refractivity contribution in [1.82, 2.24) is 0 Å². The van der Waals surface area contributed by atoms with Crippen LogP contribution < -0.4 is 28.4 Å². The molecule has 0 aliphatic carbocycles. The van der Waals surface area contributed by atoms with E-state index in [2.05, 4.69) is 54.6 Å². The molecular formula is C39H48O6. The molecule has 0 saturated heterocycles. The van der Waals surface area contributed by atoms with Crippen LogP contribution in [0.1, 0.15) is 74.9 Å². The van der Waals surface area contributed by atoms with Crippen molar-refractivity contribution in [3.8, 4) is 34.5 Å². The largest absolute Gasteiger partial charge is 0.490 e. The summed E-state index contributed by atoms with van der Waals surface area (Å²) in [6, 6.07) is 25.6. The van der Waals surface area contributed by atoms with Gasteiger partial charge < -0.3 is 28.4 Å². The summed E-state index contributed by atoms with van der Waals surface area (Å²) in [4.78, 5) is 0. The molecule has 0 saturated carbocycles. The van der Waals surface area contributed by atoms with Gasteiger partial charge in [0.2, 0.25) is 0 Å². The lowest BCUT2D eigenvalue weighted by Crippen LogP contribution is -2.02. The molecule has 0 spiro atoms. The Labute approximate surface area is 269 Å². The second-order valence-electron chi connectivity index (χ2n) is 10.6. The zero-order valence-corrected chi connectivity index (χ0v) is 27.7. The lowest BCUT2D eigenvalue weighted by molar-refractivity contribution is 0.287. The summed E-state index contributed by atoms with van der Waals surface area (Å²) in [5.74, 6) is 4.67. The van der Waals surface area contributed by atoms with Crippen LogP contribution in [0.4, 0.5) is 0 Å². The molecule has 0 aliphatic rings. The van der Waals surface area contributed by atoms with Gasteiger partial charge in [0.25, 0.3) is 0 Å². The topological polar surface area (TPSA) is 55.4 Å². The number of rotatable bonds is 18. The monoisotopic (exact) mass is 612 g/mol. The fourth-order valence-corrected chi connectivity index (χ4v) is 5.47. The van der Waals surface area contributed by atoms with Crippen LogP contribution in [0.2, 0.25) is 0 Å². The molecule has 0 atom stereocenters. The SMILES string of the molecule is CCOc1ccc(Cc2cc(Cc3ccc(OCC)c(OCC)c3)cc(Cc3ccc(OCC)c(OCC)c3)c2)cc1OCC. The number of ether oxygens (including phenoxy) is 6. The van der Waals surface area contributed by atoms with Crippen LogP contribution in [0.15, 0.2) is 72.8 Å². The zero-order valence-electron chi connectivity index (χ0n) is 27.7. The minimum atomic E-state index is 0.584. The van der Waals surface area contributed by atoms with E-state index in [0.29, 0.717) is 39.6 Å². The van der Waals surface area contributed by atoms with Crippen molar-refractivity contribution in [3.63, 3.8) is 0 Å². The summed E-state index contributed by atoms with van der Waals surface area (Å²) in [6.07, 6.45) is 2.32. The molecule has 0 bridgehead atoms. The summed E-state index contributed by atoms with van der Waals surface area (Å²) in [5.41, 5.74) is 7.22. The molecule has 0 radical (unpaired) electrons. The average Bonchev–Trinajstić information content (AvgIpc) is 3.02. The van der Waals surface area contributed by atoms with Crippen LogP contribution >= 0.6 is 0 Å². The first-order valence-corrected chi connectivity index (χ1v) is 16.3. The molecule has 4 rings (SSSR count). The molecule has 0 aliphatic heterocycles. The van der Waals surface area contributed by atoms with Crippen molar-refractivity contribution in [2.24, 2.45) is 0 Å². The Kier molecular flexibility index (Phi) is 12.9. The van der Waals surface area contributed by atoms with Gasteiger partial charge in [-0.05, 0) is 131 Å². The average molecular weight is 613 g/mol. The summed E-state index contributed by atoms with van der Waals surface area (Å²) < 4.78 is 35.2. The Morgan fingerprint density at radius 1 is 0.289 bits per heavy atom. The molecule has 45 heavy (non-hydrogen) atoms. The smallest absolute Gasteiger partial charge is 0.161 e. The zero-order chi connectivity index (χ0) is 32.0. The molecule has 0 heterocycles. The Balaban J connectivity index is 1.70. The standard InChI is InChI=1S/C39H48O6/c1-7-40-34-16-13-28(25-37(34)43-10-4)19-31-22-32(20-29-14-17-35(41-8-2)38(26-29)44-11-5)24-33(23-31)21-30-15-18-36(42-9-3)39(27-30)45-12-6/h13-18,22-27H,7-12,19-21H2,1-6H3. The molecule has 6 heteroatoms. The highest BCUT2D eigenvalue weighted by molar-refractivity contribution is 5.48. The molecule has 6 nitrogen and oxygen atoms in total. The number of hydrogen-bond donors (Lipinski definition) is 0. The number of benzene rings is 4. The fraction of sp³-hybridized carbons (Fsp3) is 0.385. The second-order valence-corrected chi connectivity index (χ2v) is 10.6. The fourth-order valence-electron chi connectivity index (χ4n) is 5.47. The van der Waals surface area contributed by atoms with Gasteiger partial charge in [0, 0.05) is 0 Å². The molecule has 4 aromatic carbocycles. The highest BCUT2D eigenvalue weighted by Crippen LogP contribution is 2.33. The van der Waals surface area contributed by atoms with E-state index in [1.165, 1.54) is 33.4 Å². The first kappa shape index (κ1) is 33.6. The van der Waals surface area contributed by atoms with Gasteiger partial charge in [-0.1, -0.05) is 36.4 Å². The predicted molar refractivity (Wildman–Crippen MR) is 181 cm³/mol. The van der Waals surface area contributed by atoms with Crippen LogP contribution in [0, 0.1) is 0 Å². The first-order valence-electron chi connectivity index (χ1n) is 16.3. The Morgan fingerprint density at radius 2 is 0.533 bits per heavy atom. The van der Waals surface area contributed by atoms with E-state index in [0.717, 1.165) is 53.8 Å². The van der Waals surface area contributed by atoms with E-state index in [1.807, 2.05) is 59.7 Å². The van der Waals surface area contributed by atoms with Crippen LogP contribution in [0.5, 0.6) is 34.5 Å². The van der Waals surface area contributed by atoms with Crippen molar-refractivity contribution < 1.29 is 28.4 Å². The Hall–Kier alpha value is -4.32. The molecule has 0 N–H and O–H groups in total. The highest BCUT2D eigenvalue weighted by Gasteiger charge is 2.12. The normalized spacial score (nSPS) is 10.8. The van der Waals surface area contributed by atoms with Crippen molar-refractivity contribution in [1.29, 1.82) is 0 Å². The molecule has 0 unspecified atom stereocenters. The molecule has 240 valence electrons. The van der Waals surface area contributed by atoms with Crippen molar-refractivity contribution in [2.45, 2.75) is 60.8 Å². The first-order chi connectivity index (χ1) is 22.0. The number of hydrogen-bond acceptors (Lipinski definition) is 6. The van der Waals surface area contributed by atoms with Gasteiger partial charge in [0.05, 0.1) is 39.6 Å². The lowest BCUT2D eigenvalue weighted by Gasteiger charge is -2.16. The van der Waals surface area contributed by atoms with Crippen LogP contribution in [-0.2, 0) is 19.3 Å². The maximum atomic E-state index is 5.92. The van der Waals surface area contributed by atoms with Gasteiger partial charge in [-0.2, -0.15) is 0 Å². The maximum absolute atomic E-state index is 5.92. The van der Waals surface area contributed by atoms with E-state index in [4.69, 9.17) is 28.4 Å².